The van der Waals surface area contributed by atoms with Crippen molar-refractivity contribution in [1.82, 2.24) is 5.32 Å². The number of rotatable bonds is 2. The highest BCUT2D eigenvalue weighted by Crippen LogP contribution is 2.27. The Balaban J connectivity index is 2.22. The Bertz CT molecular complexity index is 316. The predicted octanol–water partition coefficient (Wildman–Crippen LogP) is 1.72. The minimum atomic E-state index is -0.776. The molecule has 0 amide bonds. The summed E-state index contributed by atoms with van der Waals surface area (Å²) in [7, 11) is 1.62. The summed E-state index contributed by atoms with van der Waals surface area (Å²) in [5, 5.41) is 3.04. The molecule has 1 aliphatic rings. The van der Waals surface area contributed by atoms with Gasteiger partial charge in [-0.05, 0) is 17.7 Å². The van der Waals surface area contributed by atoms with Crippen molar-refractivity contribution in [1.29, 1.82) is 0 Å². The van der Waals surface area contributed by atoms with Crippen LogP contribution in [-0.2, 0) is 0 Å². The number of benzene rings is 1. The molecule has 0 saturated carbocycles. The first-order valence-electron chi connectivity index (χ1n) is 4.80. The fourth-order valence-electron chi connectivity index (χ4n) is 1.85. The van der Waals surface area contributed by atoms with Gasteiger partial charge in [0.1, 0.15) is 11.9 Å². The van der Waals surface area contributed by atoms with Gasteiger partial charge in [-0.25, -0.2) is 4.39 Å². The molecule has 1 N–H and O–H groups in total. The van der Waals surface area contributed by atoms with Gasteiger partial charge in [0, 0.05) is 19.0 Å². The second-order valence-corrected chi connectivity index (χ2v) is 3.56. The Labute approximate surface area is 83.1 Å². The van der Waals surface area contributed by atoms with Gasteiger partial charge in [-0.3, -0.25) is 0 Å². The van der Waals surface area contributed by atoms with E-state index < -0.39 is 6.17 Å². The molecule has 2 unspecified atom stereocenters. The summed E-state index contributed by atoms with van der Waals surface area (Å²) < 4.78 is 18.5. The first-order chi connectivity index (χ1) is 6.81. The van der Waals surface area contributed by atoms with Crippen molar-refractivity contribution < 1.29 is 9.13 Å². The molecule has 0 bridgehead atoms. The summed E-state index contributed by atoms with van der Waals surface area (Å²) in [6.07, 6.45) is -0.776. The Kier molecular flexibility index (Phi) is 2.68. The van der Waals surface area contributed by atoms with E-state index in [0.717, 1.165) is 11.3 Å². The quantitative estimate of drug-likeness (QED) is 0.775. The van der Waals surface area contributed by atoms with Crippen molar-refractivity contribution >= 4 is 0 Å². The standard InChI is InChI=1S/C11H14FNO/c1-14-9-4-2-3-8(5-9)10-6-13-7-11(10)12/h2-5,10-11,13H,6-7H2,1H3. The van der Waals surface area contributed by atoms with E-state index in [-0.39, 0.29) is 5.92 Å². The molecular formula is C11H14FNO. The summed E-state index contributed by atoms with van der Waals surface area (Å²) in [6, 6.07) is 7.63. The SMILES string of the molecule is COc1cccc(C2CNCC2F)c1. The molecule has 0 radical (unpaired) electrons. The smallest absolute Gasteiger partial charge is 0.121 e. The molecule has 3 heteroatoms. The van der Waals surface area contributed by atoms with Gasteiger partial charge in [-0.2, -0.15) is 0 Å². The van der Waals surface area contributed by atoms with E-state index in [2.05, 4.69) is 5.32 Å². The molecule has 1 heterocycles. The van der Waals surface area contributed by atoms with Crippen LogP contribution in [0.5, 0.6) is 5.75 Å². The van der Waals surface area contributed by atoms with E-state index in [1.165, 1.54) is 0 Å². The second-order valence-electron chi connectivity index (χ2n) is 3.56. The highest BCUT2D eigenvalue weighted by molar-refractivity contribution is 5.32. The van der Waals surface area contributed by atoms with E-state index in [1.54, 1.807) is 7.11 Å². The number of halogens is 1. The first-order valence-corrected chi connectivity index (χ1v) is 4.80. The summed E-state index contributed by atoms with van der Waals surface area (Å²) in [4.78, 5) is 0. The Morgan fingerprint density at radius 2 is 2.29 bits per heavy atom. The monoisotopic (exact) mass is 195 g/mol. The average Bonchev–Trinajstić information content (AvgIpc) is 2.65. The highest BCUT2D eigenvalue weighted by Gasteiger charge is 2.28. The molecule has 76 valence electrons. The zero-order valence-corrected chi connectivity index (χ0v) is 8.16. The van der Waals surface area contributed by atoms with E-state index in [1.807, 2.05) is 24.3 Å². The molecule has 1 fully saturated rings. The molecule has 1 saturated heterocycles. The lowest BCUT2D eigenvalue weighted by Gasteiger charge is -2.12. The summed E-state index contributed by atoms with van der Waals surface area (Å²) in [5.41, 5.74) is 1.02. The van der Waals surface area contributed by atoms with Crippen molar-refractivity contribution in [2.45, 2.75) is 12.1 Å². The van der Waals surface area contributed by atoms with Crippen molar-refractivity contribution in [3.05, 3.63) is 29.8 Å². The Morgan fingerprint density at radius 3 is 2.93 bits per heavy atom. The van der Waals surface area contributed by atoms with Crippen LogP contribution < -0.4 is 10.1 Å². The zero-order valence-electron chi connectivity index (χ0n) is 8.16. The van der Waals surface area contributed by atoms with E-state index in [0.29, 0.717) is 13.1 Å². The van der Waals surface area contributed by atoms with Crippen LogP contribution in [0.3, 0.4) is 0 Å². The van der Waals surface area contributed by atoms with Crippen LogP contribution in [0.25, 0.3) is 0 Å². The number of hydrogen-bond donors (Lipinski definition) is 1. The first kappa shape index (κ1) is 9.46. The summed E-state index contributed by atoms with van der Waals surface area (Å²) >= 11 is 0. The topological polar surface area (TPSA) is 21.3 Å². The molecule has 1 aromatic carbocycles. The third-order valence-electron chi connectivity index (χ3n) is 2.66. The van der Waals surface area contributed by atoms with E-state index >= 15 is 0 Å². The number of ether oxygens (including phenoxy) is 1. The molecule has 0 aliphatic carbocycles. The van der Waals surface area contributed by atoms with Crippen molar-refractivity contribution in [3.8, 4) is 5.75 Å². The van der Waals surface area contributed by atoms with E-state index in [4.69, 9.17) is 4.74 Å². The maximum atomic E-state index is 13.4. The minimum Gasteiger partial charge on any atom is -0.497 e. The maximum Gasteiger partial charge on any atom is 0.121 e. The molecule has 1 aromatic rings. The molecule has 0 spiro atoms. The van der Waals surface area contributed by atoms with Crippen LogP contribution in [0, 0.1) is 0 Å². The van der Waals surface area contributed by atoms with Crippen LogP contribution in [0.2, 0.25) is 0 Å². The molecule has 2 nitrogen and oxygen atoms in total. The average molecular weight is 195 g/mol. The fourth-order valence-corrected chi connectivity index (χ4v) is 1.85. The van der Waals surface area contributed by atoms with Gasteiger partial charge in [-0.15, -0.1) is 0 Å². The van der Waals surface area contributed by atoms with Crippen LogP contribution in [-0.4, -0.2) is 26.4 Å². The van der Waals surface area contributed by atoms with Gasteiger partial charge in [0.25, 0.3) is 0 Å². The lowest BCUT2D eigenvalue weighted by Crippen LogP contribution is -2.10. The lowest BCUT2D eigenvalue weighted by molar-refractivity contribution is 0.331. The Hall–Kier alpha value is -1.09. The van der Waals surface area contributed by atoms with Crippen molar-refractivity contribution in [2.75, 3.05) is 20.2 Å². The second kappa shape index (κ2) is 3.96. The van der Waals surface area contributed by atoms with Crippen LogP contribution in [0.4, 0.5) is 4.39 Å². The van der Waals surface area contributed by atoms with Gasteiger partial charge >= 0.3 is 0 Å². The zero-order chi connectivity index (χ0) is 9.97. The third kappa shape index (κ3) is 1.73. The van der Waals surface area contributed by atoms with Crippen molar-refractivity contribution in [2.24, 2.45) is 0 Å². The Morgan fingerprint density at radius 1 is 1.43 bits per heavy atom. The molecule has 14 heavy (non-hydrogen) atoms. The van der Waals surface area contributed by atoms with Crippen LogP contribution >= 0.6 is 0 Å². The van der Waals surface area contributed by atoms with Gasteiger partial charge in [0.2, 0.25) is 0 Å². The third-order valence-corrected chi connectivity index (χ3v) is 2.66. The molecule has 0 aromatic heterocycles. The fraction of sp³-hybridized carbons (Fsp3) is 0.455. The van der Waals surface area contributed by atoms with Crippen LogP contribution in [0.1, 0.15) is 11.5 Å². The van der Waals surface area contributed by atoms with Gasteiger partial charge in [0.05, 0.1) is 7.11 Å². The number of nitrogens with one attached hydrogen (secondary N) is 1. The van der Waals surface area contributed by atoms with Gasteiger partial charge in [0.15, 0.2) is 0 Å². The number of methoxy groups -OCH3 is 1. The van der Waals surface area contributed by atoms with E-state index in [9.17, 15) is 4.39 Å². The number of alkyl halides is 1. The van der Waals surface area contributed by atoms with Gasteiger partial charge < -0.3 is 10.1 Å². The largest absolute Gasteiger partial charge is 0.497 e. The summed E-state index contributed by atoms with van der Waals surface area (Å²) in [6.45, 7) is 1.18. The molecule has 1 aliphatic heterocycles. The predicted molar refractivity (Wildman–Crippen MR) is 53.5 cm³/mol. The van der Waals surface area contributed by atoms with Gasteiger partial charge in [-0.1, -0.05) is 12.1 Å². The normalized spacial score (nSPS) is 26.4. The molecular weight excluding hydrogens is 181 g/mol. The van der Waals surface area contributed by atoms with Crippen molar-refractivity contribution in [3.63, 3.8) is 0 Å². The lowest BCUT2D eigenvalue weighted by atomic mass is 9.97. The highest BCUT2D eigenvalue weighted by atomic mass is 19.1. The van der Waals surface area contributed by atoms with Crippen LogP contribution in [0.15, 0.2) is 24.3 Å². The summed E-state index contributed by atoms with van der Waals surface area (Å²) in [5.74, 6) is 0.770. The molecule has 2 atom stereocenters. The minimum absolute atomic E-state index is 0.0231. The number of hydrogen-bond acceptors (Lipinski definition) is 2. The molecule has 2 rings (SSSR count). The maximum absolute atomic E-state index is 13.4.